The molecule has 0 bridgehead atoms. The zero-order valence-corrected chi connectivity index (χ0v) is 13.2. The molecule has 0 amide bonds. The van der Waals surface area contributed by atoms with Crippen LogP contribution < -0.4 is 5.32 Å². The molecule has 2 nitrogen and oxygen atoms in total. The summed E-state index contributed by atoms with van der Waals surface area (Å²) < 4.78 is 14.6. The lowest BCUT2D eigenvalue weighted by atomic mass is 10.2. The van der Waals surface area contributed by atoms with Crippen LogP contribution in [-0.2, 0) is 0 Å². The van der Waals surface area contributed by atoms with Gasteiger partial charge in [0.2, 0.25) is 0 Å². The summed E-state index contributed by atoms with van der Waals surface area (Å²) in [5.74, 6) is 0.252. The summed E-state index contributed by atoms with van der Waals surface area (Å²) in [6.45, 7) is 1.96. The van der Waals surface area contributed by atoms with E-state index < -0.39 is 5.82 Å². The first-order valence-corrected chi connectivity index (χ1v) is 6.97. The van der Waals surface area contributed by atoms with Gasteiger partial charge in [-0.1, -0.05) is 11.6 Å². The van der Waals surface area contributed by atoms with Crippen molar-refractivity contribution in [2.45, 2.75) is 6.92 Å². The number of aryl methyl sites for hydroxylation is 1. The van der Waals surface area contributed by atoms with Gasteiger partial charge < -0.3 is 5.32 Å². The normalized spacial score (nSPS) is 10.5. The van der Waals surface area contributed by atoms with Crippen molar-refractivity contribution < 1.29 is 4.39 Å². The van der Waals surface area contributed by atoms with Gasteiger partial charge in [0.1, 0.15) is 11.6 Å². The predicted molar refractivity (Wildman–Crippen MR) is 79.1 cm³/mol. The lowest BCUT2D eigenvalue weighted by molar-refractivity contribution is 0.627. The average Bonchev–Trinajstić information content (AvgIpc) is 2.28. The highest BCUT2D eigenvalue weighted by molar-refractivity contribution is 9.10. The Kier molecular flexibility index (Phi) is 4.25. The Labute approximate surface area is 126 Å². The van der Waals surface area contributed by atoms with Crippen molar-refractivity contribution in [2.75, 3.05) is 5.32 Å². The van der Waals surface area contributed by atoms with Crippen LogP contribution in [0, 0.1) is 12.7 Å². The minimum atomic E-state index is -0.391. The van der Waals surface area contributed by atoms with E-state index in [9.17, 15) is 4.39 Å². The number of nitrogens with zero attached hydrogens (tertiary/aromatic N) is 1. The average molecular weight is 394 g/mol. The van der Waals surface area contributed by atoms with Crippen molar-refractivity contribution in [2.24, 2.45) is 0 Å². The van der Waals surface area contributed by atoms with Gasteiger partial charge in [0.15, 0.2) is 0 Å². The summed E-state index contributed by atoms with van der Waals surface area (Å²) >= 11 is 12.6. The molecule has 0 aliphatic heterocycles. The number of rotatable bonds is 2. The smallest absolute Gasteiger partial charge is 0.130 e. The van der Waals surface area contributed by atoms with Crippen LogP contribution in [0.15, 0.2) is 33.3 Å². The summed E-state index contributed by atoms with van der Waals surface area (Å²) in [6.07, 6.45) is 1.70. The van der Waals surface area contributed by atoms with E-state index in [1.807, 2.05) is 13.0 Å². The van der Waals surface area contributed by atoms with Gasteiger partial charge in [0.05, 0.1) is 10.7 Å². The molecule has 0 spiro atoms. The topological polar surface area (TPSA) is 24.9 Å². The summed E-state index contributed by atoms with van der Waals surface area (Å²) in [6, 6.07) is 4.47. The molecule has 0 saturated heterocycles. The SMILES string of the molecule is Cc1cc(Nc2c(Cl)cc(F)cc2Br)ncc1Br. The number of hydrogen-bond acceptors (Lipinski definition) is 2. The number of benzene rings is 1. The first-order chi connectivity index (χ1) is 8.47. The number of halogens is 4. The largest absolute Gasteiger partial charge is 0.338 e. The highest BCUT2D eigenvalue weighted by Crippen LogP contribution is 2.34. The first kappa shape index (κ1) is 13.8. The molecule has 0 aliphatic rings. The molecule has 2 aromatic rings. The second kappa shape index (κ2) is 5.55. The molecule has 0 atom stereocenters. The predicted octanol–water partition coefficient (Wildman–Crippen LogP) is 5.45. The quantitative estimate of drug-likeness (QED) is 0.733. The third-order valence-electron chi connectivity index (χ3n) is 2.31. The van der Waals surface area contributed by atoms with Gasteiger partial charge in [0.25, 0.3) is 0 Å². The van der Waals surface area contributed by atoms with Crippen molar-refractivity contribution >= 4 is 55.0 Å². The fraction of sp³-hybridized carbons (Fsp3) is 0.0833. The van der Waals surface area contributed by atoms with Crippen LogP contribution >= 0.6 is 43.5 Å². The van der Waals surface area contributed by atoms with Gasteiger partial charge in [-0.2, -0.15) is 0 Å². The second-order valence-corrected chi connectivity index (χ2v) is 5.80. The molecule has 2 rings (SSSR count). The lowest BCUT2D eigenvalue weighted by Crippen LogP contribution is -1.96. The van der Waals surface area contributed by atoms with Crippen LogP contribution in [0.3, 0.4) is 0 Å². The zero-order valence-electron chi connectivity index (χ0n) is 9.27. The van der Waals surface area contributed by atoms with Crippen LogP contribution in [0.2, 0.25) is 5.02 Å². The molecule has 0 aliphatic carbocycles. The van der Waals surface area contributed by atoms with Crippen LogP contribution in [-0.4, -0.2) is 4.98 Å². The molecule has 0 unspecified atom stereocenters. The van der Waals surface area contributed by atoms with E-state index in [2.05, 4.69) is 42.2 Å². The highest BCUT2D eigenvalue weighted by atomic mass is 79.9. The maximum Gasteiger partial charge on any atom is 0.130 e. The fourth-order valence-electron chi connectivity index (χ4n) is 1.40. The van der Waals surface area contributed by atoms with E-state index in [0.717, 1.165) is 10.0 Å². The molecule has 0 fully saturated rings. The molecule has 1 aromatic heterocycles. The van der Waals surface area contributed by atoms with Crippen molar-refractivity contribution in [3.63, 3.8) is 0 Å². The Morgan fingerprint density at radius 2 is 1.94 bits per heavy atom. The third-order valence-corrected chi connectivity index (χ3v) is 4.06. The molecule has 0 radical (unpaired) electrons. The molecular formula is C12H8Br2ClFN2. The summed E-state index contributed by atoms with van der Waals surface area (Å²) in [7, 11) is 0. The van der Waals surface area contributed by atoms with Crippen LogP contribution in [0.5, 0.6) is 0 Å². The monoisotopic (exact) mass is 392 g/mol. The molecule has 1 N–H and O–H groups in total. The number of anilines is 2. The van der Waals surface area contributed by atoms with E-state index in [0.29, 0.717) is 21.0 Å². The maximum atomic E-state index is 13.1. The van der Waals surface area contributed by atoms with Crippen LogP contribution in [0.4, 0.5) is 15.9 Å². The molecule has 6 heteroatoms. The molecule has 1 heterocycles. The highest BCUT2D eigenvalue weighted by Gasteiger charge is 2.09. The Morgan fingerprint density at radius 3 is 2.56 bits per heavy atom. The van der Waals surface area contributed by atoms with E-state index in [4.69, 9.17) is 11.6 Å². The van der Waals surface area contributed by atoms with E-state index in [-0.39, 0.29) is 0 Å². The van der Waals surface area contributed by atoms with Crippen molar-refractivity contribution in [1.29, 1.82) is 0 Å². The summed E-state index contributed by atoms with van der Waals surface area (Å²) in [5.41, 5.74) is 1.63. The lowest BCUT2D eigenvalue weighted by Gasteiger charge is -2.11. The minimum absolute atomic E-state index is 0.296. The van der Waals surface area contributed by atoms with Gasteiger partial charge in [-0.3, -0.25) is 0 Å². The number of aromatic nitrogens is 1. The van der Waals surface area contributed by atoms with Crippen molar-refractivity contribution in [3.05, 3.63) is 49.7 Å². The fourth-order valence-corrected chi connectivity index (χ4v) is 2.51. The maximum absolute atomic E-state index is 13.1. The standard InChI is InChI=1S/C12H8Br2ClFN2/c1-6-2-11(17-5-9(6)14)18-12-8(13)3-7(16)4-10(12)15/h2-5H,1H3,(H,17,18). The van der Waals surface area contributed by atoms with Crippen molar-refractivity contribution in [3.8, 4) is 0 Å². The van der Waals surface area contributed by atoms with E-state index in [1.165, 1.54) is 12.1 Å². The summed E-state index contributed by atoms with van der Waals surface area (Å²) in [4.78, 5) is 4.21. The number of nitrogens with one attached hydrogen (secondary N) is 1. The molecular weight excluding hydrogens is 386 g/mol. The van der Waals surface area contributed by atoms with Crippen LogP contribution in [0.25, 0.3) is 0 Å². The Morgan fingerprint density at radius 1 is 1.22 bits per heavy atom. The molecule has 94 valence electrons. The second-order valence-electron chi connectivity index (χ2n) is 3.69. The number of hydrogen-bond donors (Lipinski definition) is 1. The van der Waals surface area contributed by atoms with Gasteiger partial charge >= 0.3 is 0 Å². The van der Waals surface area contributed by atoms with Gasteiger partial charge in [0, 0.05) is 15.1 Å². The van der Waals surface area contributed by atoms with Gasteiger partial charge in [-0.25, -0.2) is 9.37 Å². The Bertz CT molecular complexity index is 582. The molecule has 1 aromatic carbocycles. The third kappa shape index (κ3) is 3.02. The van der Waals surface area contributed by atoms with Gasteiger partial charge in [-0.05, 0) is 62.5 Å². The Hall–Kier alpha value is -0.650. The minimum Gasteiger partial charge on any atom is -0.338 e. The number of pyridine rings is 1. The van der Waals surface area contributed by atoms with Crippen LogP contribution in [0.1, 0.15) is 5.56 Å². The van der Waals surface area contributed by atoms with Crippen molar-refractivity contribution in [1.82, 2.24) is 4.98 Å². The molecule has 0 saturated carbocycles. The molecule has 18 heavy (non-hydrogen) atoms. The Balaban J connectivity index is 2.37. The van der Waals surface area contributed by atoms with E-state index >= 15 is 0 Å². The zero-order chi connectivity index (χ0) is 13.3. The van der Waals surface area contributed by atoms with E-state index in [1.54, 1.807) is 6.20 Å². The van der Waals surface area contributed by atoms with Gasteiger partial charge in [-0.15, -0.1) is 0 Å². The summed E-state index contributed by atoms with van der Waals surface area (Å²) in [5, 5.41) is 3.35. The first-order valence-electron chi connectivity index (χ1n) is 5.01.